The monoisotopic (exact) mass is 393 g/mol. The van der Waals surface area contributed by atoms with Gasteiger partial charge in [0.05, 0.1) is 24.3 Å². The number of aryl methyl sites for hydroxylation is 1. The number of anilines is 3. The number of likely N-dealkylation sites (tertiary alicyclic amines) is 1. The molecule has 2 aliphatic heterocycles. The van der Waals surface area contributed by atoms with Crippen molar-refractivity contribution in [2.24, 2.45) is 0 Å². The average Bonchev–Trinajstić information content (AvgIpc) is 3.10. The molecule has 1 saturated heterocycles. The third-order valence-electron chi connectivity index (χ3n) is 5.52. The number of rotatable bonds is 2. The van der Waals surface area contributed by atoms with Crippen molar-refractivity contribution in [2.45, 2.75) is 38.6 Å². The number of piperidine rings is 1. The lowest BCUT2D eigenvalue weighted by molar-refractivity contribution is -0.145. The number of nitrogens with zero attached hydrogens (tertiary/aromatic N) is 2. The minimum absolute atomic E-state index is 0.0508. The van der Waals surface area contributed by atoms with Gasteiger partial charge in [-0.1, -0.05) is 12.1 Å². The van der Waals surface area contributed by atoms with Crippen LogP contribution in [-0.2, 0) is 20.8 Å². The molecule has 8 heteroatoms. The van der Waals surface area contributed by atoms with Crippen LogP contribution in [0.3, 0.4) is 0 Å². The van der Waals surface area contributed by atoms with Gasteiger partial charge in [0.25, 0.3) is 0 Å². The molecule has 4 N–H and O–H groups in total. The van der Waals surface area contributed by atoms with E-state index in [2.05, 4.69) is 15.6 Å². The smallest absolute Gasteiger partial charge is 0.313 e. The Morgan fingerprint density at radius 3 is 2.93 bits per heavy atom. The first-order chi connectivity index (χ1) is 13.9. The number of amides is 3. The molecule has 150 valence electrons. The molecule has 0 spiro atoms. The zero-order valence-electron chi connectivity index (χ0n) is 16.2. The van der Waals surface area contributed by atoms with Gasteiger partial charge in [0.15, 0.2) is 0 Å². The van der Waals surface area contributed by atoms with E-state index in [9.17, 15) is 14.4 Å². The Balaban J connectivity index is 1.57. The molecule has 2 aromatic rings. The van der Waals surface area contributed by atoms with Crippen LogP contribution in [0.15, 0.2) is 30.5 Å². The van der Waals surface area contributed by atoms with Gasteiger partial charge in [0, 0.05) is 12.2 Å². The lowest BCUT2D eigenvalue weighted by atomic mass is 9.90. The molecule has 0 saturated carbocycles. The molecule has 0 radical (unpaired) electrons. The Bertz CT molecular complexity index is 1000. The quantitative estimate of drug-likeness (QED) is 0.676. The molecule has 8 nitrogen and oxygen atoms in total. The van der Waals surface area contributed by atoms with Crippen LogP contribution in [0.25, 0.3) is 0 Å². The highest BCUT2D eigenvalue weighted by molar-refractivity contribution is 6.39. The fourth-order valence-electron chi connectivity index (χ4n) is 4.05. The summed E-state index contributed by atoms with van der Waals surface area (Å²) in [4.78, 5) is 43.1. The molecule has 1 fully saturated rings. The van der Waals surface area contributed by atoms with Crippen molar-refractivity contribution in [2.75, 3.05) is 22.9 Å². The molecule has 0 aliphatic carbocycles. The summed E-state index contributed by atoms with van der Waals surface area (Å²) in [5.41, 5.74) is 9.50. The second-order valence-electron chi connectivity index (χ2n) is 7.49. The normalized spacial score (nSPS) is 18.2. The van der Waals surface area contributed by atoms with Crippen molar-refractivity contribution < 1.29 is 14.4 Å². The van der Waals surface area contributed by atoms with E-state index in [0.717, 1.165) is 41.6 Å². The van der Waals surface area contributed by atoms with Crippen LogP contribution >= 0.6 is 0 Å². The predicted octanol–water partition coefficient (Wildman–Crippen LogP) is 2.16. The summed E-state index contributed by atoms with van der Waals surface area (Å²) >= 11 is 0. The third kappa shape index (κ3) is 3.65. The predicted molar refractivity (Wildman–Crippen MR) is 109 cm³/mol. The average molecular weight is 393 g/mol. The van der Waals surface area contributed by atoms with Gasteiger partial charge in [-0.15, -0.1) is 0 Å². The maximum absolute atomic E-state index is 13.0. The first kappa shape index (κ1) is 18.9. The Labute approximate surface area is 168 Å². The number of carbonyl (C=O) groups is 3. The number of nitrogens with one attached hydrogen (secondary N) is 2. The maximum atomic E-state index is 13.0. The molecule has 3 amide bonds. The lowest BCUT2D eigenvalue weighted by Gasteiger charge is -2.36. The second kappa shape index (κ2) is 7.54. The molecule has 29 heavy (non-hydrogen) atoms. The summed E-state index contributed by atoms with van der Waals surface area (Å²) < 4.78 is 0. The molecule has 4 rings (SSSR count). The number of fused-ring (bicyclic) bond motifs is 1. The number of hydrogen-bond donors (Lipinski definition) is 3. The molecule has 2 aliphatic rings. The van der Waals surface area contributed by atoms with Crippen LogP contribution in [0.5, 0.6) is 0 Å². The third-order valence-corrected chi connectivity index (χ3v) is 5.52. The number of hydrogen-bond acceptors (Lipinski definition) is 5. The van der Waals surface area contributed by atoms with E-state index >= 15 is 0 Å². The van der Waals surface area contributed by atoms with E-state index in [-0.39, 0.29) is 11.9 Å². The minimum atomic E-state index is -0.704. The van der Waals surface area contributed by atoms with Crippen molar-refractivity contribution in [1.29, 1.82) is 0 Å². The first-order valence-electron chi connectivity index (χ1n) is 9.69. The molecule has 1 unspecified atom stereocenters. The van der Waals surface area contributed by atoms with Crippen molar-refractivity contribution in [3.63, 3.8) is 0 Å². The van der Waals surface area contributed by atoms with Crippen molar-refractivity contribution in [3.8, 4) is 0 Å². The number of nitrogens with two attached hydrogens (primary N) is 1. The number of pyridine rings is 1. The SMILES string of the molecule is Cc1cc(NC(=O)C(=O)N2CCCCC2c2cccc3c2CC(=O)N3)cnc1N. The zero-order chi connectivity index (χ0) is 20.5. The van der Waals surface area contributed by atoms with E-state index < -0.39 is 11.8 Å². The van der Waals surface area contributed by atoms with E-state index in [1.54, 1.807) is 17.9 Å². The number of nitrogen functional groups attached to an aromatic ring is 1. The number of carbonyl (C=O) groups excluding carboxylic acids is 3. The van der Waals surface area contributed by atoms with Crippen molar-refractivity contribution in [1.82, 2.24) is 9.88 Å². The standard InChI is InChI=1S/C21H23N5O3/c1-12-9-13(11-23-19(12)22)24-20(28)21(29)26-8-3-2-7-17(26)14-5-4-6-16-15(14)10-18(27)25-16/h4-6,9,11,17H,2-3,7-8,10H2,1H3,(H2,22,23)(H,24,28)(H,25,27). The summed E-state index contributed by atoms with van der Waals surface area (Å²) in [5, 5.41) is 5.47. The molecular weight excluding hydrogens is 370 g/mol. The summed E-state index contributed by atoms with van der Waals surface area (Å²) in [6, 6.07) is 7.14. The highest BCUT2D eigenvalue weighted by atomic mass is 16.2. The van der Waals surface area contributed by atoms with E-state index in [1.165, 1.54) is 6.20 Å². The topological polar surface area (TPSA) is 117 Å². The zero-order valence-corrected chi connectivity index (χ0v) is 16.2. The summed E-state index contributed by atoms with van der Waals surface area (Å²) in [7, 11) is 0. The van der Waals surface area contributed by atoms with Crippen LogP contribution in [0, 0.1) is 6.92 Å². The lowest BCUT2D eigenvalue weighted by Crippen LogP contribution is -2.44. The Morgan fingerprint density at radius 2 is 2.14 bits per heavy atom. The van der Waals surface area contributed by atoms with Gasteiger partial charge in [-0.2, -0.15) is 0 Å². The van der Waals surface area contributed by atoms with Crippen LogP contribution in [0.2, 0.25) is 0 Å². The highest BCUT2D eigenvalue weighted by Gasteiger charge is 2.34. The van der Waals surface area contributed by atoms with E-state index in [4.69, 9.17) is 5.73 Å². The van der Waals surface area contributed by atoms with Gasteiger partial charge >= 0.3 is 11.8 Å². The van der Waals surface area contributed by atoms with Crippen molar-refractivity contribution in [3.05, 3.63) is 47.2 Å². The van der Waals surface area contributed by atoms with Gasteiger partial charge in [-0.3, -0.25) is 14.4 Å². The van der Waals surface area contributed by atoms with Crippen LogP contribution in [0.4, 0.5) is 17.2 Å². The molecule has 1 aromatic heterocycles. The van der Waals surface area contributed by atoms with Crippen LogP contribution in [-0.4, -0.2) is 34.2 Å². The summed E-state index contributed by atoms with van der Waals surface area (Å²) in [6.45, 7) is 2.28. The Morgan fingerprint density at radius 1 is 1.31 bits per heavy atom. The number of benzene rings is 1. The largest absolute Gasteiger partial charge is 0.383 e. The Kier molecular flexibility index (Phi) is 4.92. The molecule has 3 heterocycles. The summed E-state index contributed by atoms with van der Waals surface area (Å²) in [5.74, 6) is -0.958. The second-order valence-corrected chi connectivity index (χ2v) is 7.49. The van der Waals surface area contributed by atoms with Gasteiger partial charge in [0.2, 0.25) is 5.91 Å². The molecular formula is C21H23N5O3. The Hall–Kier alpha value is -3.42. The highest BCUT2D eigenvalue weighted by Crippen LogP contribution is 2.37. The molecule has 1 aromatic carbocycles. The van der Waals surface area contributed by atoms with Gasteiger partial charge in [0.1, 0.15) is 5.82 Å². The van der Waals surface area contributed by atoms with Gasteiger partial charge in [-0.25, -0.2) is 4.98 Å². The number of aromatic nitrogens is 1. The fraction of sp³-hybridized carbons (Fsp3) is 0.333. The van der Waals surface area contributed by atoms with Crippen molar-refractivity contribution >= 4 is 34.9 Å². The first-order valence-corrected chi connectivity index (χ1v) is 9.69. The maximum Gasteiger partial charge on any atom is 0.313 e. The molecule has 0 bridgehead atoms. The van der Waals surface area contributed by atoms with E-state index in [0.29, 0.717) is 24.5 Å². The van der Waals surface area contributed by atoms with Gasteiger partial charge in [-0.05, 0) is 55.0 Å². The summed E-state index contributed by atoms with van der Waals surface area (Å²) in [6.07, 6.45) is 4.29. The van der Waals surface area contributed by atoms with Gasteiger partial charge < -0.3 is 21.3 Å². The van der Waals surface area contributed by atoms with E-state index in [1.807, 2.05) is 18.2 Å². The molecule has 1 atom stereocenters. The van der Waals surface area contributed by atoms with Crippen LogP contribution in [0.1, 0.15) is 42.0 Å². The van der Waals surface area contributed by atoms with Crippen LogP contribution < -0.4 is 16.4 Å². The fourth-order valence-corrected chi connectivity index (χ4v) is 4.05. The minimum Gasteiger partial charge on any atom is -0.383 e.